The van der Waals surface area contributed by atoms with Crippen molar-refractivity contribution in [1.82, 2.24) is 4.90 Å². The maximum absolute atomic E-state index is 10.8. The van der Waals surface area contributed by atoms with Crippen LogP contribution >= 0.6 is 0 Å². The monoisotopic (exact) mass is 329 g/mol. The quantitative estimate of drug-likeness (QED) is 0.865. The van der Waals surface area contributed by atoms with Crippen molar-refractivity contribution in [2.45, 2.75) is 50.1 Å². The van der Waals surface area contributed by atoms with Gasteiger partial charge in [0.15, 0.2) is 11.5 Å². The number of rotatable bonds is 3. The summed E-state index contributed by atoms with van der Waals surface area (Å²) >= 11 is 0. The Hall–Kier alpha value is -1.20. The van der Waals surface area contributed by atoms with Gasteiger partial charge in [-0.3, -0.25) is 0 Å². The van der Waals surface area contributed by atoms with Gasteiger partial charge >= 0.3 is 0 Å². The largest absolute Gasteiger partial charge is 0.493 e. The summed E-state index contributed by atoms with van der Waals surface area (Å²) in [6, 6.07) is 6.44. The van der Waals surface area contributed by atoms with Crippen LogP contribution in [0.3, 0.4) is 0 Å². The fraction of sp³-hybridized carbons (Fsp3) is 0.684. The molecule has 1 aliphatic heterocycles. The third-order valence-corrected chi connectivity index (χ3v) is 5.96. The van der Waals surface area contributed by atoms with Gasteiger partial charge in [-0.25, -0.2) is 0 Å². The Labute approximate surface area is 146 Å². The van der Waals surface area contributed by atoms with Crippen LogP contribution < -0.4 is 9.47 Å². The summed E-state index contributed by atoms with van der Waals surface area (Å²) < 4.78 is 10.9. The summed E-state index contributed by atoms with van der Waals surface area (Å²) in [5, 5.41) is 10.8. The predicted molar refractivity (Wildman–Crippen MR) is 96.0 cm³/mol. The molecule has 5 heteroatoms. The van der Waals surface area contributed by atoms with E-state index in [1.165, 1.54) is 5.56 Å². The van der Waals surface area contributed by atoms with Gasteiger partial charge in [0.2, 0.25) is 0 Å². The number of likely N-dealkylation sites (N-methyl/N-ethyl adjacent to an activating group) is 1. The molecule has 0 bridgehead atoms. The fourth-order valence-corrected chi connectivity index (χ4v) is 5.64. The highest BCUT2D eigenvalue weighted by Gasteiger charge is 2.60. The number of aliphatic hydroxyl groups is 1. The van der Waals surface area contributed by atoms with E-state index in [-0.39, 0.29) is 10.8 Å². The highest BCUT2D eigenvalue weighted by atomic mass is 16.5. The van der Waals surface area contributed by atoms with Gasteiger partial charge in [-0.15, -0.1) is 0 Å². The average molecular weight is 329 g/mol. The van der Waals surface area contributed by atoms with E-state index in [1.807, 2.05) is 6.07 Å². The van der Waals surface area contributed by atoms with Crippen LogP contribution in [0.4, 0.5) is 0 Å². The van der Waals surface area contributed by atoms with Crippen LogP contribution in [0.5, 0.6) is 11.5 Å². The second-order valence-corrected chi connectivity index (χ2v) is 8.30. The number of hydrogen-bond acceptors (Lipinski definition) is 4. The molecule has 0 spiro atoms. The van der Waals surface area contributed by atoms with Crippen LogP contribution in [-0.2, 0) is 5.41 Å². The number of methoxy groups -OCH3 is 2. The Morgan fingerprint density at radius 2 is 1.83 bits per heavy atom. The van der Waals surface area contributed by atoms with Crippen molar-refractivity contribution in [2.24, 2.45) is 5.41 Å². The molecule has 1 heterocycles. The molecule has 1 aromatic carbocycles. The van der Waals surface area contributed by atoms with E-state index >= 15 is 0 Å². The molecule has 3 atom stereocenters. The first-order valence-corrected chi connectivity index (χ1v) is 8.59. The number of hydrogen-bond donors (Lipinski definition) is 1. The first kappa shape index (κ1) is 17.6. The summed E-state index contributed by atoms with van der Waals surface area (Å²) in [5.74, 6) is 1.44. The van der Waals surface area contributed by atoms with Crippen LogP contribution in [0.2, 0.25) is 0 Å². The Kier molecular flexibility index (Phi) is 4.16. The van der Waals surface area contributed by atoms with Gasteiger partial charge in [-0.1, -0.05) is 19.9 Å². The van der Waals surface area contributed by atoms with E-state index in [0.29, 0.717) is 18.9 Å². The minimum absolute atomic E-state index is 0.0832. The summed E-state index contributed by atoms with van der Waals surface area (Å²) in [5.41, 5.74) is -0.246. The molecule has 1 saturated heterocycles. The molecule has 1 saturated carbocycles. The maximum atomic E-state index is 10.8. The molecule has 2 aliphatic rings. The highest BCUT2D eigenvalue weighted by molar-refractivity contribution is 6.14. The SMILES string of the molecule is [B]C1(O)CC(C)(C)[C@@H]2N(C)CC[C@]2(c2ccc(OC)c(OC)c2)C1. The molecule has 1 N–H and O–H groups in total. The van der Waals surface area contributed by atoms with Crippen molar-refractivity contribution < 1.29 is 14.6 Å². The molecule has 24 heavy (non-hydrogen) atoms. The highest BCUT2D eigenvalue weighted by Crippen LogP contribution is 2.57. The zero-order valence-corrected chi connectivity index (χ0v) is 15.4. The van der Waals surface area contributed by atoms with Gasteiger partial charge in [0, 0.05) is 17.0 Å². The third-order valence-electron chi connectivity index (χ3n) is 5.96. The zero-order valence-electron chi connectivity index (χ0n) is 15.4. The molecule has 0 amide bonds. The number of fused-ring (bicyclic) bond motifs is 1. The molecule has 1 aromatic rings. The Morgan fingerprint density at radius 1 is 1.17 bits per heavy atom. The van der Waals surface area contributed by atoms with E-state index in [2.05, 4.69) is 37.9 Å². The number of benzene rings is 1. The van der Waals surface area contributed by atoms with Crippen LogP contribution in [0, 0.1) is 5.41 Å². The lowest BCUT2D eigenvalue weighted by Crippen LogP contribution is -2.61. The van der Waals surface area contributed by atoms with Crippen molar-refractivity contribution in [3.63, 3.8) is 0 Å². The third kappa shape index (κ3) is 2.62. The molecule has 4 nitrogen and oxygen atoms in total. The lowest BCUT2D eigenvalue weighted by molar-refractivity contribution is -0.0491. The predicted octanol–water partition coefficient (Wildman–Crippen LogP) is 2.32. The molecule has 130 valence electrons. The Bertz CT molecular complexity index is 631. The van der Waals surface area contributed by atoms with Gasteiger partial charge in [0.1, 0.15) is 7.85 Å². The molecule has 0 aromatic heterocycles. The fourth-order valence-electron chi connectivity index (χ4n) is 5.64. The lowest BCUT2D eigenvalue weighted by atomic mass is 9.49. The number of nitrogens with zero attached hydrogens (tertiary/aromatic N) is 1. The first-order chi connectivity index (χ1) is 11.1. The number of likely N-dealkylation sites (tertiary alicyclic amines) is 1. The first-order valence-electron chi connectivity index (χ1n) is 8.59. The van der Waals surface area contributed by atoms with Crippen molar-refractivity contribution in [3.05, 3.63) is 23.8 Å². The molecule has 3 rings (SSSR count). The maximum Gasteiger partial charge on any atom is 0.161 e. The van der Waals surface area contributed by atoms with Crippen molar-refractivity contribution in [2.75, 3.05) is 27.8 Å². The minimum atomic E-state index is -1.15. The Morgan fingerprint density at radius 3 is 2.46 bits per heavy atom. The van der Waals surface area contributed by atoms with Crippen LogP contribution in [0.25, 0.3) is 0 Å². The minimum Gasteiger partial charge on any atom is -0.493 e. The lowest BCUT2D eigenvalue weighted by Gasteiger charge is -2.56. The van der Waals surface area contributed by atoms with Gasteiger partial charge in [0.05, 0.1) is 14.2 Å². The van der Waals surface area contributed by atoms with E-state index < -0.39 is 5.50 Å². The summed E-state index contributed by atoms with van der Waals surface area (Å²) in [6.07, 6.45) is 2.14. The smallest absolute Gasteiger partial charge is 0.161 e. The zero-order chi connectivity index (χ0) is 17.8. The molecular weight excluding hydrogens is 301 g/mol. The van der Waals surface area contributed by atoms with Gasteiger partial charge in [-0.2, -0.15) is 0 Å². The van der Waals surface area contributed by atoms with Crippen molar-refractivity contribution >= 4 is 7.85 Å². The molecular formula is C19H28BNO3. The van der Waals surface area contributed by atoms with Crippen LogP contribution in [0.15, 0.2) is 18.2 Å². The van der Waals surface area contributed by atoms with Crippen molar-refractivity contribution in [3.8, 4) is 11.5 Å². The normalized spacial score (nSPS) is 35.5. The second kappa shape index (κ2) is 5.67. The van der Waals surface area contributed by atoms with Crippen LogP contribution in [-0.4, -0.2) is 57.2 Å². The summed E-state index contributed by atoms with van der Waals surface area (Å²) in [7, 11) is 11.8. The topological polar surface area (TPSA) is 41.9 Å². The average Bonchev–Trinajstić information content (AvgIpc) is 2.83. The molecule has 1 unspecified atom stereocenters. The van der Waals surface area contributed by atoms with E-state index in [4.69, 9.17) is 17.3 Å². The second-order valence-electron chi connectivity index (χ2n) is 8.30. The summed E-state index contributed by atoms with van der Waals surface area (Å²) in [6.45, 7) is 5.43. The van der Waals surface area contributed by atoms with E-state index in [1.54, 1.807) is 14.2 Å². The molecule has 1 aliphatic carbocycles. The molecule has 2 radical (unpaired) electrons. The Balaban J connectivity index is 2.15. The number of ether oxygens (including phenoxy) is 2. The van der Waals surface area contributed by atoms with Crippen LogP contribution in [0.1, 0.15) is 38.7 Å². The standard InChI is InChI=1S/C19H28BNO3/c1-17(2)11-19(20,22)12-18(8-9-21(3)16(17)18)13-6-7-14(23-4)15(10-13)24-5/h6-7,10,16,22H,8-9,11-12H2,1-5H3/t16-,18+,19?/m0/s1. The van der Waals surface area contributed by atoms with E-state index in [9.17, 15) is 5.11 Å². The van der Waals surface area contributed by atoms with Gasteiger partial charge < -0.3 is 19.5 Å². The van der Waals surface area contributed by atoms with Gasteiger partial charge in [0.25, 0.3) is 0 Å². The van der Waals surface area contributed by atoms with Gasteiger partial charge in [-0.05, 0) is 56.0 Å². The van der Waals surface area contributed by atoms with E-state index in [0.717, 1.165) is 24.5 Å². The molecule has 2 fully saturated rings. The van der Waals surface area contributed by atoms with Crippen molar-refractivity contribution in [1.29, 1.82) is 0 Å². The summed E-state index contributed by atoms with van der Waals surface area (Å²) in [4.78, 5) is 2.42.